The van der Waals surface area contributed by atoms with Crippen molar-refractivity contribution in [1.82, 2.24) is 0 Å². The van der Waals surface area contributed by atoms with Gasteiger partial charge in [-0.05, 0) is 82.2 Å². The summed E-state index contributed by atoms with van der Waals surface area (Å²) >= 11 is 0. The molecule has 11 rings (SSSR count). The van der Waals surface area contributed by atoms with E-state index in [9.17, 15) is 0 Å². The minimum atomic E-state index is -0.322. The third-order valence-electron chi connectivity index (χ3n) is 12.0. The maximum absolute atomic E-state index is 6.71. The highest BCUT2D eigenvalue weighted by Gasteiger charge is 2.40. The summed E-state index contributed by atoms with van der Waals surface area (Å²) in [6.07, 6.45) is 0. The normalized spacial score (nSPS) is 13.1. The highest BCUT2D eigenvalue weighted by atomic mass is 16.3. The predicted molar refractivity (Wildman–Crippen MR) is 244 cm³/mol. The first-order valence-electron chi connectivity index (χ1n) is 20.0. The molecule has 1 aromatic heterocycles. The molecule has 0 fully saturated rings. The van der Waals surface area contributed by atoms with E-state index >= 15 is 0 Å². The van der Waals surface area contributed by atoms with Crippen molar-refractivity contribution in [3.8, 4) is 22.3 Å². The molecule has 276 valence electrons. The van der Waals surface area contributed by atoms with Crippen molar-refractivity contribution < 1.29 is 4.42 Å². The van der Waals surface area contributed by atoms with Gasteiger partial charge in [-0.1, -0.05) is 166 Å². The second-order valence-electron chi connectivity index (χ2n) is 15.7. The van der Waals surface area contributed by atoms with Crippen LogP contribution >= 0.6 is 0 Å². The Morgan fingerprint density at radius 3 is 1.86 bits per heavy atom. The van der Waals surface area contributed by atoms with Crippen LogP contribution < -0.4 is 9.80 Å². The van der Waals surface area contributed by atoms with E-state index in [2.05, 4.69) is 224 Å². The topological polar surface area (TPSA) is 19.6 Å². The van der Waals surface area contributed by atoms with Gasteiger partial charge in [0.2, 0.25) is 0 Å². The molecular weight excluding hydrogens is 705 g/mol. The molecule has 1 aliphatic rings. The van der Waals surface area contributed by atoms with Crippen LogP contribution in [0.3, 0.4) is 0 Å². The lowest BCUT2D eigenvalue weighted by Gasteiger charge is -2.44. The van der Waals surface area contributed by atoms with Crippen molar-refractivity contribution >= 4 is 66.8 Å². The Bertz CT molecular complexity index is 3120. The lowest BCUT2D eigenvalue weighted by atomic mass is 9.70. The number of rotatable bonds is 6. The van der Waals surface area contributed by atoms with Crippen LogP contribution in [0.4, 0.5) is 34.1 Å². The van der Waals surface area contributed by atoms with E-state index in [1.807, 2.05) is 6.07 Å². The van der Waals surface area contributed by atoms with E-state index in [1.54, 1.807) is 0 Å². The molecule has 0 saturated carbocycles. The maximum atomic E-state index is 6.71. The highest BCUT2D eigenvalue weighted by molar-refractivity contribution is 6.14. The summed E-state index contributed by atoms with van der Waals surface area (Å²) in [5.74, 6) is 0. The van der Waals surface area contributed by atoms with Crippen molar-refractivity contribution in [1.29, 1.82) is 0 Å². The Hall–Kier alpha value is -7.36. The molecule has 0 bridgehead atoms. The van der Waals surface area contributed by atoms with Gasteiger partial charge in [-0.2, -0.15) is 0 Å². The first-order chi connectivity index (χ1) is 28.6. The molecule has 9 aromatic carbocycles. The van der Waals surface area contributed by atoms with Crippen LogP contribution in [-0.4, -0.2) is 0 Å². The number of fused-ring (bicyclic) bond motifs is 6. The zero-order chi connectivity index (χ0) is 38.8. The molecule has 0 aliphatic carbocycles. The Balaban J connectivity index is 1.17. The third-order valence-corrected chi connectivity index (χ3v) is 12.0. The van der Waals surface area contributed by atoms with Gasteiger partial charge in [0.05, 0.1) is 17.1 Å². The van der Waals surface area contributed by atoms with Gasteiger partial charge in [-0.25, -0.2) is 0 Å². The van der Waals surface area contributed by atoms with Gasteiger partial charge >= 0.3 is 0 Å². The monoisotopic (exact) mass is 744 g/mol. The lowest BCUT2D eigenvalue weighted by Crippen LogP contribution is -2.31. The van der Waals surface area contributed by atoms with Gasteiger partial charge in [-0.15, -0.1) is 0 Å². The van der Waals surface area contributed by atoms with Gasteiger partial charge in [0.15, 0.2) is 0 Å². The Morgan fingerprint density at radius 1 is 0.448 bits per heavy atom. The standard InChI is InChI=1S/C55H40N2O/c1-55(2)48-30-12-13-31-49(48)57(53-43-25-10-9-18-37(43)34-35-45(53)47-29-16-28-46-44-26-11-14-33-51(44)58-54(46)47)50-32-17-27-42(52(50)55)38-19-15-24-41(36-38)56(39-20-5-3-6-21-39)40-22-7-4-8-23-40/h3-36H,1-2H3. The fourth-order valence-corrected chi connectivity index (χ4v) is 9.41. The summed E-state index contributed by atoms with van der Waals surface area (Å²) in [4.78, 5) is 4.87. The smallest absolute Gasteiger partial charge is 0.143 e. The SMILES string of the molecule is CC1(C)c2ccccc2N(c2c(-c3cccc4c3oc3ccccc34)ccc3ccccc23)c2cccc(-c3cccc(N(c4ccccc4)c4ccccc4)c3)c21. The molecule has 10 aromatic rings. The zero-order valence-corrected chi connectivity index (χ0v) is 32.4. The summed E-state index contributed by atoms with van der Waals surface area (Å²) in [5.41, 5.74) is 15.4. The van der Waals surface area contributed by atoms with Crippen molar-refractivity contribution in [2.45, 2.75) is 19.3 Å². The van der Waals surface area contributed by atoms with Gasteiger partial charge in [0.1, 0.15) is 11.2 Å². The molecule has 0 spiro atoms. The lowest BCUT2D eigenvalue weighted by molar-refractivity contribution is 0.634. The van der Waals surface area contributed by atoms with Gasteiger partial charge < -0.3 is 14.2 Å². The number of benzene rings is 9. The Morgan fingerprint density at radius 2 is 1.05 bits per heavy atom. The molecule has 0 N–H and O–H groups in total. The molecule has 0 saturated heterocycles. The molecule has 1 aliphatic heterocycles. The van der Waals surface area contributed by atoms with Crippen LogP contribution in [0.5, 0.6) is 0 Å². The number of hydrogen-bond donors (Lipinski definition) is 0. The number of hydrogen-bond acceptors (Lipinski definition) is 3. The summed E-state index contributed by atoms with van der Waals surface area (Å²) in [6, 6.07) is 74.3. The molecular formula is C55H40N2O. The zero-order valence-electron chi connectivity index (χ0n) is 32.4. The maximum Gasteiger partial charge on any atom is 0.143 e. The number of anilines is 6. The van der Waals surface area contributed by atoms with Crippen molar-refractivity contribution in [3.63, 3.8) is 0 Å². The van der Waals surface area contributed by atoms with Crippen LogP contribution in [0.1, 0.15) is 25.0 Å². The van der Waals surface area contributed by atoms with E-state index in [1.165, 1.54) is 44.4 Å². The minimum Gasteiger partial charge on any atom is -0.455 e. The van der Waals surface area contributed by atoms with Crippen molar-refractivity contribution in [2.24, 2.45) is 0 Å². The first-order valence-corrected chi connectivity index (χ1v) is 20.0. The summed E-state index contributed by atoms with van der Waals surface area (Å²) < 4.78 is 6.71. The summed E-state index contributed by atoms with van der Waals surface area (Å²) in [6.45, 7) is 4.77. The third kappa shape index (κ3) is 5.28. The molecule has 0 amide bonds. The second kappa shape index (κ2) is 13.4. The first kappa shape index (κ1) is 33.9. The molecule has 0 unspecified atom stereocenters. The van der Waals surface area contributed by atoms with Crippen molar-refractivity contribution in [3.05, 3.63) is 217 Å². The number of para-hydroxylation sites is 5. The second-order valence-corrected chi connectivity index (χ2v) is 15.7. The highest BCUT2D eigenvalue weighted by Crippen LogP contribution is 2.57. The average Bonchev–Trinajstić information content (AvgIpc) is 3.66. The van der Waals surface area contributed by atoms with Crippen LogP contribution in [0.15, 0.2) is 211 Å². The fourth-order valence-electron chi connectivity index (χ4n) is 9.41. The number of furan rings is 1. The van der Waals surface area contributed by atoms with Gasteiger partial charge in [0, 0.05) is 49.8 Å². The van der Waals surface area contributed by atoms with E-state index in [-0.39, 0.29) is 5.41 Å². The predicted octanol–water partition coefficient (Wildman–Crippen LogP) is 15.7. The molecule has 3 nitrogen and oxygen atoms in total. The van der Waals surface area contributed by atoms with Crippen LogP contribution in [0.25, 0.3) is 55.0 Å². The van der Waals surface area contributed by atoms with E-state index < -0.39 is 0 Å². The van der Waals surface area contributed by atoms with Crippen LogP contribution in [-0.2, 0) is 5.41 Å². The Labute approximate surface area is 338 Å². The van der Waals surface area contributed by atoms with Crippen LogP contribution in [0.2, 0.25) is 0 Å². The Kier molecular flexibility index (Phi) is 7.84. The quantitative estimate of drug-likeness (QED) is 0.169. The molecule has 0 atom stereocenters. The number of nitrogens with zero attached hydrogens (tertiary/aromatic N) is 2. The van der Waals surface area contributed by atoms with Gasteiger partial charge in [-0.3, -0.25) is 0 Å². The molecule has 3 heteroatoms. The summed E-state index contributed by atoms with van der Waals surface area (Å²) in [7, 11) is 0. The van der Waals surface area contributed by atoms with Crippen molar-refractivity contribution in [2.75, 3.05) is 9.80 Å². The molecule has 2 heterocycles. The van der Waals surface area contributed by atoms with Gasteiger partial charge in [0.25, 0.3) is 0 Å². The van der Waals surface area contributed by atoms with E-state index in [0.29, 0.717) is 0 Å². The van der Waals surface area contributed by atoms with Crippen LogP contribution in [0, 0.1) is 0 Å². The minimum absolute atomic E-state index is 0.322. The summed E-state index contributed by atoms with van der Waals surface area (Å²) in [5, 5.41) is 4.62. The average molecular weight is 745 g/mol. The fraction of sp³-hybridized carbons (Fsp3) is 0.0545. The molecule has 0 radical (unpaired) electrons. The molecule has 58 heavy (non-hydrogen) atoms. The van der Waals surface area contributed by atoms with E-state index in [4.69, 9.17) is 4.42 Å². The largest absolute Gasteiger partial charge is 0.455 e. The van der Waals surface area contributed by atoms with E-state index in [0.717, 1.165) is 55.8 Å².